The second kappa shape index (κ2) is 6.98. The van der Waals surface area contributed by atoms with Crippen LogP contribution in [0.25, 0.3) is 5.76 Å². The first-order chi connectivity index (χ1) is 14.1. The molecule has 29 heavy (non-hydrogen) atoms. The van der Waals surface area contributed by atoms with Crippen LogP contribution >= 0.6 is 22.7 Å². The normalized spacial score (nSPS) is 20.3. The Labute approximate surface area is 172 Å². The number of aliphatic hydroxyl groups excluding tert-OH is 1. The van der Waals surface area contributed by atoms with Gasteiger partial charge in [-0.1, -0.05) is 11.3 Å². The molecule has 1 N–H and O–H groups in total. The monoisotopic (exact) mass is 427 g/mol. The van der Waals surface area contributed by atoms with Gasteiger partial charge in [0.15, 0.2) is 11.5 Å². The molecule has 0 spiro atoms. The lowest BCUT2D eigenvalue weighted by Crippen LogP contribution is -2.29. The molecular formula is C19H13N3O5S2. The predicted octanol–water partition coefficient (Wildman–Crippen LogP) is 3.00. The summed E-state index contributed by atoms with van der Waals surface area (Å²) < 4.78 is 11.1. The van der Waals surface area contributed by atoms with Crippen molar-refractivity contribution in [1.82, 2.24) is 10.2 Å². The third kappa shape index (κ3) is 2.88. The Morgan fingerprint density at radius 2 is 2.00 bits per heavy atom. The van der Waals surface area contributed by atoms with E-state index in [9.17, 15) is 14.7 Å². The minimum Gasteiger partial charge on any atom is -0.507 e. The van der Waals surface area contributed by atoms with Crippen LogP contribution in [0.15, 0.2) is 46.1 Å². The average Bonchev–Trinajstić information content (AvgIpc) is 3.49. The molecule has 4 heterocycles. The lowest BCUT2D eigenvalue weighted by molar-refractivity contribution is -0.132. The largest absolute Gasteiger partial charge is 0.507 e. The van der Waals surface area contributed by atoms with Gasteiger partial charge in [0.2, 0.25) is 5.13 Å². The number of ether oxygens (including phenoxy) is 2. The summed E-state index contributed by atoms with van der Waals surface area (Å²) in [4.78, 5) is 27.0. The van der Waals surface area contributed by atoms with E-state index in [4.69, 9.17) is 9.47 Å². The summed E-state index contributed by atoms with van der Waals surface area (Å²) in [6, 6.07) is 5.93. The number of fused-ring (bicyclic) bond motifs is 1. The molecule has 1 unspecified atom stereocenters. The van der Waals surface area contributed by atoms with E-state index in [1.807, 2.05) is 16.8 Å². The first-order valence-electron chi connectivity index (χ1n) is 8.64. The molecule has 8 nitrogen and oxygen atoms in total. The number of carbonyl (C=O) groups excluding carboxylic acids is 2. The summed E-state index contributed by atoms with van der Waals surface area (Å²) in [6.45, 7) is 0.844. The number of rotatable bonds is 3. The highest BCUT2D eigenvalue weighted by atomic mass is 32.1. The average molecular weight is 427 g/mol. The number of carbonyl (C=O) groups is 2. The lowest BCUT2D eigenvalue weighted by Gasteiger charge is -2.22. The number of anilines is 1. The summed E-state index contributed by atoms with van der Waals surface area (Å²) in [7, 11) is 0. The van der Waals surface area contributed by atoms with E-state index in [2.05, 4.69) is 10.2 Å². The highest BCUT2D eigenvalue weighted by molar-refractivity contribution is 7.13. The number of hydrogen-bond donors (Lipinski definition) is 1. The molecule has 1 aromatic carbocycles. The maximum Gasteiger partial charge on any atom is 0.301 e. The van der Waals surface area contributed by atoms with E-state index in [-0.39, 0.29) is 11.3 Å². The van der Waals surface area contributed by atoms with Crippen molar-refractivity contribution in [1.29, 1.82) is 0 Å². The Kier molecular flexibility index (Phi) is 4.29. The molecule has 2 aliphatic rings. The van der Waals surface area contributed by atoms with Crippen molar-refractivity contribution in [3.05, 3.63) is 57.2 Å². The molecule has 0 aliphatic carbocycles. The summed E-state index contributed by atoms with van der Waals surface area (Å²) in [5.74, 6) is -0.758. The zero-order valence-electron chi connectivity index (χ0n) is 14.8. The molecular weight excluding hydrogens is 414 g/mol. The number of thiophene rings is 1. The quantitative estimate of drug-likeness (QED) is 0.389. The molecule has 146 valence electrons. The molecule has 1 fully saturated rings. The zero-order chi connectivity index (χ0) is 20.0. The minimum atomic E-state index is -0.789. The van der Waals surface area contributed by atoms with Gasteiger partial charge >= 0.3 is 5.91 Å². The van der Waals surface area contributed by atoms with E-state index >= 15 is 0 Å². The molecule has 0 saturated carbocycles. The SMILES string of the molecule is O=C1C(=O)N(c2nncs2)C(c2ccsc2)/C1=C(\O)c1ccc2c(c1)OCCO2. The van der Waals surface area contributed by atoms with E-state index in [1.54, 1.807) is 18.2 Å². The molecule has 3 aromatic rings. The third-order valence-corrected chi connectivity index (χ3v) is 6.06. The molecule has 2 aromatic heterocycles. The first kappa shape index (κ1) is 17.8. The molecule has 10 heteroatoms. The fourth-order valence-electron chi connectivity index (χ4n) is 3.39. The van der Waals surface area contributed by atoms with Gasteiger partial charge in [-0.15, -0.1) is 10.2 Å². The minimum absolute atomic E-state index is 0.000257. The molecule has 5 rings (SSSR count). The first-order valence-corrected chi connectivity index (χ1v) is 10.5. The fourth-order valence-corrected chi connectivity index (χ4v) is 4.66. The third-order valence-electron chi connectivity index (χ3n) is 4.67. The van der Waals surface area contributed by atoms with Gasteiger partial charge in [-0.25, -0.2) is 0 Å². The van der Waals surface area contributed by atoms with Gasteiger partial charge in [0.1, 0.15) is 24.5 Å². The number of benzene rings is 1. The molecule has 0 radical (unpaired) electrons. The summed E-state index contributed by atoms with van der Waals surface area (Å²) in [5, 5.41) is 22.8. The van der Waals surface area contributed by atoms with E-state index < -0.39 is 17.7 Å². The smallest absolute Gasteiger partial charge is 0.301 e. The highest BCUT2D eigenvalue weighted by Crippen LogP contribution is 2.43. The van der Waals surface area contributed by atoms with Gasteiger partial charge in [-0.3, -0.25) is 14.5 Å². The molecule has 1 atom stereocenters. The second-order valence-electron chi connectivity index (χ2n) is 6.31. The van der Waals surface area contributed by atoms with Gasteiger partial charge in [0.25, 0.3) is 5.78 Å². The van der Waals surface area contributed by atoms with E-state index in [1.165, 1.54) is 21.7 Å². The van der Waals surface area contributed by atoms with Crippen LogP contribution in [0.5, 0.6) is 11.5 Å². The van der Waals surface area contributed by atoms with Crippen LogP contribution in [0.3, 0.4) is 0 Å². The molecule has 2 aliphatic heterocycles. The Morgan fingerprint density at radius 3 is 2.72 bits per heavy atom. The molecule has 1 amide bonds. The number of hydrogen-bond acceptors (Lipinski definition) is 9. The summed E-state index contributed by atoms with van der Waals surface area (Å²) in [6.07, 6.45) is 0. The standard InChI is InChI=1S/C19H13N3O5S2/c23-16(10-1-2-12-13(7-10)27-5-4-26-12)14-15(11-3-6-28-8-11)22(18(25)17(14)24)19-21-20-9-29-19/h1-3,6-9,15,23H,4-5H2/b16-14+. The predicted molar refractivity (Wildman–Crippen MR) is 106 cm³/mol. The van der Waals surface area contributed by atoms with Crippen molar-refractivity contribution in [2.75, 3.05) is 18.1 Å². The fraction of sp³-hybridized carbons (Fsp3) is 0.158. The van der Waals surface area contributed by atoms with Crippen molar-refractivity contribution in [3.8, 4) is 11.5 Å². The van der Waals surface area contributed by atoms with Crippen LogP contribution in [0, 0.1) is 0 Å². The van der Waals surface area contributed by atoms with Crippen LogP contribution in [-0.2, 0) is 9.59 Å². The number of nitrogens with zero attached hydrogens (tertiary/aromatic N) is 3. The highest BCUT2D eigenvalue weighted by Gasteiger charge is 2.48. The summed E-state index contributed by atoms with van der Waals surface area (Å²) >= 11 is 2.58. The van der Waals surface area contributed by atoms with Gasteiger partial charge in [-0.2, -0.15) is 11.3 Å². The van der Waals surface area contributed by atoms with Gasteiger partial charge in [0.05, 0.1) is 11.6 Å². The van der Waals surface area contributed by atoms with Gasteiger partial charge < -0.3 is 14.6 Å². The van der Waals surface area contributed by atoms with Crippen molar-refractivity contribution >= 4 is 45.3 Å². The van der Waals surface area contributed by atoms with Crippen molar-refractivity contribution < 1.29 is 24.2 Å². The number of amides is 1. The number of aliphatic hydroxyl groups is 1. The second-order valence-corrected chi connectivity index (χ2v) is 7.90. The molecule has 0 bridgehead atoms. The van der Waals surface area contributed by atoms with E-state index in [0.717, 1.165) is 11.3 Å². The Bertz CT molecular complexity index is 1120. The Balaban J connectivity index is 1.67. The Hall–Kier alpha value is -3.24. The maximum absolute atomic E-state index is 12.9. The topological polar surface area (TPSA) is 102 Å². The maximum atomic E-state index is 12.9. The molecule has 1 saturated heterocycles. The van der Waals surface area contributed by atoms with Crippen LogP contribution in [0.1, 0.15) is 17.2 Å². The van der Waals surface area contributed by atoms with Gasteiger partial charge in [-0.05, 0) is 40.6 Å². The number of Topliss-reactive ketones (excluding diaryl/α,β-unsaturated/α-hetero) is 1. The van der Waals surface area contributed by atoms with Crippen LogP contribution in [-0.4, -0.2) is 40.2 Å². The van der Waals surface area contributed by atoms with Crippen LogP contribution in [0.2, 0.25) is 0 Å². The zero-order valence-corrected chi connectivity index (χ0v) is 16.4. The number of ketones is 1. The van der Waals surface area contributed by atoms with Crippen molar-refractivity contribution in [2.45, 2.75) is 6.04 Å². The van der Waals surface area contributed by atoms with Gasteiger partial charge in [0, 0.05) is 5.56 Å². The van der Waals surface area contributed by atoms with Crippen molar-refractivity contribution in [3.63, 3.8) is 0 Å². The van der Waals surface area contributed by atoms with E-state index in [0.29, 0.717) is 41.0 Å². The number of aromatic nitrogens is 2. The van der Waals surface area contributed by atoms with Crippen molar-refractivity contribution in [2.24, 2.45) is 0 Å². The van der Waals surface area contributed by atoms with Crippen LogP contribution in [0.4, 0.5) is 5.13 Å². The van der Waals surface area contributed by atoms with Crippen LogP contribution < -0.4 is 14.4 Å². The summed E-state index contributed by atoms with van der Waals surface area (Å²) in [5.41, 5.74) is 2.56. The lowest BCUT2D eigenvalue weighted by atomic mass is 9.97. The Morgan fingerprint density at radius 1 is 1.17 bits per heavy atom.